The molecule has 2 aliphatic rings. The first kappa shape index (κ1) is 16.9. The molecule has 2 N–H and O–H groups in total. The molecule has 0 bridgehead atoms. The molecule has 0 aromatic heterocycles. The van der Waals surface area contributed by atoms with E-state index < -0.39 is 0 Å². The molecule has 0 heterocycles. The lowest BCUT2D eigenvalue weighted by Crippen LogP contribution is -2.47. The molecule has 5 nitrogen and oxygen atoms in total. The van der Waals surface area contributed by atoms with Gasteiger partial charge in [-0.25, -0.2) is 0 Å². The quantitative estimate of drug-likeness (QED) is 0.596. The maximum absolute atomic E-state index is 5.36. The van der Waals surface area contributed by atoms with Gasteiger partial charge in [0, 0.05) is 20.1 Å². The third kappa shape index (κ3) is 3.60. The maximum atomic E-state index is 5.36. The molecule has 3 rings (SSSR count). The van der Waals surface area contributed by atoms with Crippen LogP contribution < -0.4 is 20.1 Å². The predicted molar refractivity (Wildman–Crippen MR) is 96.8 cm³/mol. The van der Waals surface area contributed by atoms with E-state index in [0.29, 0.717) is 12.0 Å². The fourth-order valence-corrected chi connectivity index (χ4v) is 3.71. The van der Waals surface area contributed by atoms with E-state index in [-0.39, 0.29) is 0 Å². The van der Waals surface area contributed by atoms with Gasteiger partial charge in [0.2, 0.25) is 0 Å². The highest BCUT2D eigenvalue weighted by Crippen LogP contribution is 2.56. The van der Waals surface area contributed by atoms with Gasteiger partial charge in [0.1, 0.15) is 0 Å². The van der Waals surface area contributed by atoms with Gasteiger partial charge < -0.3 is 20.1 Å². The highest BCUT2D eigenvalue weighted by molar-refractivity contribution is 5.79. The Hall–Kier alpha value is -1.91. The molecule has 132 valence electrons. The summed E-state index contributed by atoms with van der Waals surface area (Å²) in [6.45, 7) is 1.75. The van der Waals surface area contributed by atoms with Crippen molar-refractivity contribution >= 4 is 5.96 Å². The van der Waals surface area contributed by atoms with Crippen LogP contribution >= 0.6 is 0 Å². The molecule has 1 aromatic rings. The number of nitrogens with zero attached hydrogens (tertiary/aromatic N) is 1. The van der Waals surface area contributed by atoms with E-state index >= 15 is 0 Å². The average molecular weight is 331 g/mol. The van der Waals surface area contributed by atoms with Crippen LogP contribution in [0.1, 0.15) is 37.7 Å². The Morgan fingerprint density at radius 2 is 1.92 bits per heavy atom. The molecule has 5 heteroatoms. The van der Waals surface area contributed by atoms with Crippen LogP contribution in [-0.2, 0) is 6.54 Å². The molecular formula is C19H29N3O2. The second-order valence-corrected chi connectivity index (χ2v) is 6.96. The molecular weight excluding hydrogens is 302 g/mol. The first-order valence-corrected chi connectivity index (χ1v) is 8.86. The van der Waals surface area contributed by atoms with Crippen molar-refractivity contribution in [2.45, 2.75) is 38.6 Å². The minimum absolute atomic E-state index is 0.543. The van der Waals surface area contributed by atoms with Crippen LogP contribution in [0.4, 0.5) is 0 Å². The Labute approximate surface area is 144 Å². The molecule has 2 aliphatic carbocycles. The van der Waals surface area contributed by atoms with Gasteiger partial charge in [-0.3, -0.25) is 4.99 Å². The Bertz CT molecular complexity index is 592. The first-order valence-electron chi connectivity index (χ1n) is 8.86. The van der Waals surface area contributed by atoms with Gasteiger partial charge in [0.15, 0.2) is 17.5 Å². The third-order valence-corrected chi connectivity index (χ3v) is 5.53. The van der Waals surface area contributed by atoms with Crippen LogP contribution in [0, 0.1) is 11.3 Å². The second kappa shape index (κ2) is 7.32. The van der Waals surface area contributed by atoms with Gasteiger partial charge in [-0.05, 0) is 54.7 Å². The van der Waals surface area contributed by atoms with E-state index in [1.165, 1.54) is 32.1 Å². The van der Waals surface area contributed by atoms with Crippen LogP contribution in [0.25, 0.3) is 0 Å². The van der Waals surface area contributed by atoms with Crippen LogP contribution in [0.15, 0.2) is 23.2 Å². The summed E-state index contributed by atoms with van der Waals surface area (Å²) >= 11 is 0. The summed E-state index contributed by atoms with van der Waals surface area (Å²) in [5.41, 5.74) is 1.68. The van der Waals surface area contributed by atoms with Crippen LogP contribution in [0.2, 0.25) is 0 Å². The Morgan fingerprint density at radius 3 is 2.46 bits per heavy atom. The number of hydrogen-bond acceptors (Lipinski definition) is 3. The van der Waals surface area contributed by atoms with Gasteiger partial charge in [0.25, 0.3) is 0 Å². The fourth-order valence-electron chi connectivity index (χ4n) is 3.71. The number of nitrogens with one attached hydrogen (secondary N) is 2. The Balaban J connectivity index is 1.52. The highest BCUT2D eigenvalue weighted by Gasteiger charge is 2.48. The van der Waals surface area contributed by atoms with E-state index in [1.807, 2.05) is 25.2 Å². The number of hydrogen-bond donors (Lipinski definition) is 2. The monoisotopic (exact) mass is 331 g/mol. The maximum Gasteiger partial charge on any atom is 0.191 e. The van der Waals surface area contributed by atoms with E-state index in [9.17, 15) is 0 Å². The number of aliphatic imine (C=N–C) groups is 1. The molecule has 0 atom stereocenters. The van der Waals surface area contributed by atoms with Crippen molar-refractivity contribution in [3.05, 3.63) is 23.8 Å². The second-order valence-electron chi connectivity index (χ2n) is 6.96. The summed E-state index contributed by atoms with van der Waals surface area (Å²) in [6, 6.07) is 5.97. The number of rotatable bonds is 7. The minimum atomic E-state index is 0.543. The van der Waals surface area contributed by atoms with Crippen LogP contribution in [0.5, 0.6) is 11.5 Å². The van der Waals surface area contributed by atoms with E-state index in [2.05, 4.69) is 15.6 Å². The lowest BCUT2D eigenvalue weighted by molar-refractivity contribution is 0.106. The molecule has 0 spiro atoms. The molecule has 2 fully saturated rings. The van der Waals surface area contributed by atoms with E-state index in [4.69, 9.17) is 9.47 Å². The van der Waals surface area contributed by atoms with Crippen molar-refractivity contribution in [2.75, 3.05) is 27.8 Å². The third-order valence-electron chi connectivity index (χ3n) is 5.53. The van der Waals surface area contributed by atoms with Gasteiger partial charge in [-0.15, -0.1) is 0 Å². The standard InChI is InChI=1S/C19H29N3O2/c1-20-18(22-13-19(9-4-10-19)15-6-7-15)21-12-14-5-8-16(23-2)17(11-14)24-3/h5,8,11,15H,4,6-7,9-10,12-13H2,1-3H3,(H2,20,21,22). The zero-order chi connectivity index (χ0) is 17.0. The zero-order valence-electron chi connectivity index (χ0n) is 15.0. The van der Waals surface area contributed by atoms with Crippen LogP contribution in [0.3, 0.4) is 0 Å². The summed E-state index contributed by atoms with van der Waals surface area (Å²) < 4.78 is 10.6. The highest BCUT2D eigenvalue weighted by atomic mass is 16.5. The van der Waals surface area contributed by atoms with Crippen molar-refractivity contribution in [3.63, 3.8) is 0 Å². The number of benzene rings is 1. The lowest BCUT2D eigenvalue weighted by Gasteiger charge is -2.43. The molecule has 0 radical (unpaired) electrons. The molecule has 1 aromatic carbocycles. The van der Waals surface area contributed by atoms with Crippen molar-refractivity contribution < 1.29 is 9.47 Å². The van der Waals surface area contributed by atoms with Crippen molar-refractivity contribution in [1.29, 1.82) is 0 Å². The van der Waals surface area contributed by atoms with Crippen molar-refractivity contribution in [1.82, 2.24) is 10.6 Å². The number of guanidine groups is 1. The topological polar surface area (TPSA) is 54.9 Å². The molecule has 24 heavy (non-hydrogen) atoms. The first-order chi connectivity index (χ1) is 11.7. The summed E-state index contributed by atoms with van der Waals surface area (Å²) in [7, 11) is 5.14. The largest absolute Gasteiger partial charge is 0.493 e. The minimum Gasteiger partial charge on any atom is -0.493 e. The van der Waals surface area contributed by atoms with Gasteiger partial charge in [0.05, 0.1) is 14.2 Å². The number of ether oxygens (including phenoxy) is 2. The molecule has 0 aliphatic heterocycles. The van der Waals surface area contributed by atoms with E-state index in [0.717, 1.165) is 35.5 Å². The predicted octanol–water partition coefficient (Wildman–Crippen LogP) is 2.95. The Morgan fingerprint density at radius 1 is 1.17 bits per heavy atom. The lowest BCUT2D eigenvalue weighted by atomic mass is 9.65. The van der Waals surface area contributed by atoms with Gasteiger partial charge >= 0.3 is 0 Å². The summed E-state index contributed by atoms with van der Waals surface area (Å²) in [5.74, 6) is 3.32. The fraction of sp³-hybridized carbons (Fsp3) is 0.632. The average Bonchev–Trinajstić information content (AvgIpc) is 3.41. The van der Waals surface area contributed by atoms with Crippen LogP contribution in [-0.4, -0.2) is 33.8 Å². The zero-order valence-corrected chi connectivity index (χ0v) is 15.0. The molecule has 0 saturated heterocycles. The molecule has 0 amide bonds. The van der Waals surface area contributed by atoms with Crippen molar-refractivity contribution in [2.24, 2.45) is 16.3 Å². The summed E-state index contributed by atoms with van der Waals surface area (Å²) in [6.07, 6.45) is 6.96. The normalized spacial score (nSPS) is 19.4. The van der Waals surface area contributed by atoms with Gasteiger partial charge in [-0.1, -0.05) is 12.5 Å². The van der Waals surface area contributed by atoms with E-state index in [1.54, 1.807) is 14.2 Å². The van der Waals surface area contributed by atoms with Crippen molar-refractivity contribution in [3.8, 4) is 11.5 Å². The number of methoxy groups -OCH3 is 2. The SMILES string of the molecule is CN=C(NCc1ccc(OC)c(OC)c1)NCC1(C2CC2)CCC1. The smallest absolute Gasteiger partial charge is 0.191 e. The Kier molecular flexibility index (Phi) is 5.17. The summed E-state index contributed by atoms with van der Waals surface area (Å²) in [5, 5.41) is 6.93. The summed E-state index contributed by atoms with van der Waals surface area (Å²) in [4.78, 5) is 4.36. The molecule has 0 unspecified atom stereocenters. The van der Waals surface area contributed by atoms with Gasteiger partial charge in [-0.2, -0.15) is 0 Å². The molecule has 2 saturated carbocycles.